The Morgan fingerprint density at radius 1 is 0.867 bits per heavy atom. The van der Waals surface area contributed by atoms with Crippen LogP contribution in [0.4, 0.5) is 0 Å². The zero-order valence-electron chi connectivity index (χ0n) is 20.9. The van der Waals surface area contributed by atoms with Gasteiger partial charge in [-0.3, -0.25) is 0 Å². The van der Waals surface area contributed by atoms with E-state index in [1.807, 2.05) is 0 Å². The molecule has 0 amide bonds. The summed E-state index contributed by atoms with van der Waals surface area (Å²) in [6, 6.07) is 0. The van der Waals surface area contributed by atoms with Crippen LogP contribution in [0.3, 0.4) is 0 Å². The van der Waals surface area contributed by atoms with E-state index >= 15 is 0 Å². The van der Waals surface area contributed by atoms with Gasteiger partial charge in [0.2, 0.25) is 0 Å². The zero-order chi connectivity index (χ0) is 21.7. The maximum atomic E-state index is 10.3. The standard InChI is InChI=1S/C29H50O/c1-7-21(19(2)3)9-8-20(4)25-12-13-26-24-11-10-22-18-23(30)14-16-28(22,5)27(24)15-17-29(25,26)6/h8-9,19-27,30H,7,10-18H2,1-6H3/b9-8+/t20-,21+,22-,23-,24-,25+,26-,27-,28-,29+/m0/s1. The second-order valence-corrected chi connectivity index (χ2v) is 12.9. The molecule has 4 rings (SSSR count). The Balaban J connectivity index is 1.49. The summed E-state index contributed by atoms with van der Waals surface area (Å²) in [5.74, 6) is 6.72. The maximum absolute atomic E-state index is 10.3. The van der Waals surface area contributed by atoms with Crippen LogP contribution in [-0.4, -0.2) is 11.2 Å². The summed E-state index contributed by atoms with van der Waals surface area (Å²) in [6.45, 7) is 14.9. The molecule has 4 aliphatic carbocycles. The minimum Gasteiger partial charge on any atom is -0.393 e. The summed E-state index contributed by atoms with van der Waals surface area (Å²) in [6.07, 6.45) is 18.5. The number of hydrogen-bond donors (Lipinski definition) is 1. The molecular formula is C29H50O. The molecule has 0 bridgehead atoms. The highest BCUT2D eigenvalue weighted by molar-refractivity contribution is 5.11. The smallest absolute Gasteiger partial charge is 0.0543 e. The molecule has 10 atom stereocenters. The normalized spacial score (nSPS) is 48.3. The van der Waals surface area contributed by atoms with Crippen molar-refractivity contribution in [2.45, 2.75) is 112 Å². The molecule has 1 heteroatoms. The first-order valence-corrected chi connectivity index (χ1v) is 13.6. The Morgan fingerprint density at radius 2 is 1.57 bits per heavy atom. The molecule has 0 unspecified atom stereocenters. The first-order valence-electron chi connectivity index (χ1n) is 13.6. The fourth-order valence-electron chi connectivity index (χ4n) is 9.42. The van der Waals surface area contributed by atoms with Crippen molar-refractivity contribution >= 4 is 0 Å². The van der Waals surface area contributed by atoms with Crippen molar-refractivity contribution in [2.75, 3.05) is 0 Å². The molecule has 4 saturated carbocycles. The van der Waals surface area contributed by atoms with Crippen molar-refractivity contribution in [3.05, 3.63) is 12.2 Å². The molecular weight excluding hydrogens is 364 g/mol. The average Bonchev–Trinajstić information content (AvgIpc) is 3.06. The highest BCUT2D eigenvalue weighted by Crippen LogP contribution is 2.68. The first-order chi connectivity index (χ1) is 14.2. The topological polar surface area (TPSA) is 20.2 Å². The average molecular weight is 415 g/mol. The molecule has 0 aromatic carbocycles. The Hall–Kier alpha value is -0.300. The monoisotopic (exact) mass is 414 g/mol. The van der Waals surface area contributed by atoms with E-state index in [2.05, 4.69) is 53.7 Å². The molecule has 1 N–H and O–H groups in total. The molecule has 4 fully saturated rings. The van der Waals surface area contributed by atoms with E-state index in [1.54, 1.807) is 0 Å². The lowest BCUT2D eigenvalue weighted by molar-refractivity contribution is -0.128. The fraction of sp³-hybridized carbons (Fsp3) is 0.931. The molecule has 0 aliphatic heterocycles. The molecule has 0 aromatic heterocycles. The Morgan fingerprint density at radius 3 is 2.27 bits per heavy atom. The van der Waals surface area contributed by atoms with Crippen LogP contribution in [0.5, 0.6) is 0 Å². The first kappa shape index (κ1) is 22.9. The van der Waals surface area contributed by atoms with E-state index in [-0.39, 0.29) is 6.10 Å². The van der Waals surface area contributed by atoms with Gasteiger partial charge in [-0.1, -0.05) is 53.7 Å². The number of allylic oxidation sites excluding steroid dienone is 2. The summed E-state index contributed by atoms with van der Waals surface area (Å²) in [4.78, 5) is 0. The highest BCUT2D eigenvalue weighted by Gasteiger charge is 2.60. The zero-order valence-corrected chi connectivity index (χ0v) is 20.9. The largest absolute Gasteiger partial charge is 0.393 e. The Labute approximate surface area is 187 Å². The third-order valence-electron chi connectivity index (χ3n) is 11.3. The van der Waals surface area contributed by atoms with E-state index in [0.717, 1.165) is 60.2 Å². The van der Waals surface area contributed by atoms with Crippen LogP contribution >= 0.6 is 0 Å². The quantitative estimate of drug-likeness (QED) is 0.454. The van der Waals surface area contributed by atoms with Crippen LogP contribution < -0.4 is 0 Å². The molecule has 0 spiro atoms. The van der Waals surface area contributed by atoms with Crippen LogP contribution in [-0.2, 0) is 0 Å². The van der Waals surface area contributed by atoms with Gasteiger partial charge in [-0.15, -0.1) is 0 Å². The van der Waals surface area contributed by atoms with Crippen molar-refractivity contribution < 1.29 is 5.11 Å². The van der Waals surface area contributed by atoms with Crippen LogP contribution in [0.25, 0.3) is 0 Å². The number of aliphatic hydroxyl groups is 1. The summed E-state index contributed by atoms with van der Waals surface area (Å²) < 4.78 is 0. The van der Waals surface area contributed by atoms with Gasteiger partial charge < -0.3 is 5.11 Å². The molecule has 0 saturated heterocycles. The summed E-state index contributed by atoms with van der Waals surface area (Å²) in [5.41, 5.74) is 1.07. The molecule has 4 aliphatic rings. The Kier molecular flexibility index (Phi) is 6.53. The van der Waals surface area contributed by atoms with Gasteiger partial charge >= 0.3 is 0 Å². The molecule has 0 aromatic rings. The summed E-state index contributed by atoms with van der Waals surface area (Å²) in [7, 11) is 0. The molecule has 0 heterocycles. The third-order valence-corrected chi connectivity index (χ3v) is 11.3. The van der Waals surface area contributed by atoms with Gasteiger partial charge in [-0.05, 0) is 122 Å². The lowest BCUT2D eigenvalue weighted by atomic mass is 9.44. The molecule has 30 heavy (non-hydrogen) atoms. The van der Waals surface area contributed by atoms with Crippen LogP contribution in [0.1, 0.15) is 106 Å². The highest BCUT2D eigenvalue weighted by atomic mass is 16.3. The van der Waals surface area contributed by atoms with Crippen LogP contribution in [0, 0.1) is 58.2 Å². The van der Waals surface area contributed by atoms with Crippen molar-refractivity contribution in [1.29, 1.82) is 0 Å². The van der Waals surface area contributed by atoms with Gasteiger partial charge in [-0.25, -0.2) is 0 Å². The predicted octanol–water partition coefficient (Wildman–Crippen LogP) is 7.88. The number of fused-ring (bicyclic) bond motifs is 5. The molecule has 172 valence electrons. The van der Waals surface area contributed by atoms with Crippen molar-refractivity contribution in [2.24, 2.45) is 58.2 Å². The van der Waals surface area contributed by atoms with Crippen molar-refractivity contribution in [3.63, 3.8) is 0 Å². The third kappa shape index (κ3) is 3.74. The Bertz CT molecular complexity index is 622. The van der Waals surface area contributed by atoms with Crippen molar-refractivity contribution in [3.8, 4) is 0 Å². The lowest BCUT2D eigenvalue weighted by Crippen LogP contribution is -2.54. The van der Waals surface area contributed by atoms with Crippen LogP contribution in [0.2, 0.25) is 0 Å². The van der Waals surface area contributed by atoms with Gasteiger partial charge in [0.25, 0.3) is 0 Å². The summed E-state index contributed by atoms with van der Waals surface area (Å²) in [5, 5.41) is 10.3. The molecule has 0 radical (unpaired) electrons. The minimum absolute atomic E-state index is 0.0187. The van der Waals surface area contributed by atoms with E-state index in [1.165, 1.54) is 51.4 Å². The summed E-state index contributed by atoms with van der Waals surface area (Å²) >= 11 is 0. The van der Waals surface area contributed by atoms with Gasteiger partial charge in [-0.2, -0.15) is 0 Å². The second-order valence-electron chi connectivity index (χ2n) is 12.9. The number of hydrogen-bond acceptors (Lipinski definition) is 1. The van der Waals surface area contributed by atoms with E-state index in [0.29, 0.717) is 10.8 Å². The van der Waals surface area contributed by atoms with Gasteiger partial charge in [0, 0.05) is 0 Å². The van der Waals surface area contributed by atoms with Gasteiger partial charge in [0.15, 0.2) is 0 Å². The van der Waals surface area contributed by atoms with Crippen LogP contribution in [0.15, 0.2) is 12.2 Å². The molecule has 1 nitrogen and oxygen atoms in total. The van der Waals surface area contributed by atoms with Gasteiger partial charge in [0.1, 0.15) is 0 Å². The SMILES string of the molecule is CC[C@H](/C=C/[C@H](C)[C@H]1CC[C@H]2[C@@H]3CC[C@H]4C[C@@H](O)CC[C@]4(C)[C@H]3CC[C@]12C)C(C)C. The fourth-order valence-corrected chi connectivity index (χ4v) is 9.42. The van der Waals surface area contributed by atoms with Gasteiger partial charge in [0.05, 0.1) is 6.10 Å². The van der Waals surface area contributed by atoms with E-state index in [9.17, 15) is 5.11 Å². The number of aliphatic hydroxyl groups excluding tert-OH is 1. The predicted molar refractivity (Wildman–Crippen MR) is 128 cm³/mol. The lowest BCUT2D eigenvalue weighted by Gasteiger charge is -2.61. The van der Waals surface area contributed by atoms with E-state index in [4.69, 9.17) is 0 Å². The van der Waals surface area contributed by atoms with Crippen molar-refractivity contribution in [1.82, 2.24) is 0 Å². The minimum atomic E-state index is -0.0187. The second kappa shape index (κ2) is 8.57. The number of rotatable bonds is 5. The maximum Gasteiger partial charge on any atom is 0.0543 e. The van der Waals surface area contributed by atoms with E-state index < -0.39 is 0 Å².